The van der Waals surface area contributed by atoms with Crippen LogP contribution in [0, 0.1) is 6.07 Å². The number of para-hydroxylation sites is 6. The number of aromatic nitrogens is 4. The van der Waals surface area contributed by atoms with E-state index in [2.05, 4.69) is 43.0 Å². The van der Waals surface area contributed by atoms with Crippen LogP contribution in [0.2, 0.25) is 0 Å². The SMILES string of the molecule is [Ir].[c-]1c(-c2ccccn2)cc2c3c1Oc1ccccc1N3c1ccccc1O2.c1ccc(-c2nc3ccccc3[n-]2)nc1. The van der Waals surface area contributed by atoms with Crippen LogP contribution in [-0.2, 0) is 20.1 Å². The van der Waals surface area contributed by atoms with Crippen LogP contribution in [0.3, 0.4) is 0 Å². The summed E-state index contributed by atoms with van der Waals surface area (Å²) in [6, 6.07) is 40.7. The number of pyridine rings is 2. The minimum absolute atomic E-state index is 0. The van der Waals surface area contributed by atoms with Crippen molar-refractivity contribution in [2.45, 2.75) is 0 Å². The number of anilines is 3. The van der Waals surface area contributed by atoms with Crippen molar-refractivity contribution in [2.75, 3.05) is 4.90 Å². The molecule has 0 fully saturated rings. The van der Waals surface area contributed by atoms with Crippen LogP contribution in [0.15, 0.2) is 128 Å². The zero-order valence-corrected chi connectivity index (χ0v) is 24.9. The van der Waals surface area contributed by atoms with Crippen molar-refractivity contribution >= 4 is 28.1 Å². The fraction of sp³-hybridized carbons (Fsp3) is 0. The number of ether oxygens (including phenoxy) is 2. The Morgan fingerprint density at radius 2 is 1.26 bits per heavy atom. The molecular weight excluding hydrogens is 715 g/mol. The number of fused-ring (bicyclic) bond motifs is 5. The standard InChI is InChI=1S/C23H13N2O2.C12H8N3.Ir/c1-3-10-19-17(8-1)25-18-9-2-4-11-20(18)27-22-14-15(13-21(26-19)23(22)25)16-7-5-6-12-24-16;1-2-6-10-9(5-1)14-12(15-10)11-7-3-4-8-13-11;/h1-13H;1-8H;/q2*-1;. The van der Waals surface area contributed by atoms with Gasteiger partial charge in [0.25, 0.3) is 0 Å². The third kappa shape index (κ3) is 4.82. The predicted octanol–water partition coefficient (Wildman–Crippen LogP) is 8.48. The Hall–Kier alpha value is -5.30. The van der Waals surface area contributed by atoms with Gasteiger partial charge >= 0.3 is 0 Å². The van der Waals surface area contributed by atoms with Gasteiger partial charge in [-0.15, -0.1) is 5.56 Å². The Bertz CT molecular complexity index is 1960. The number of benzene rings is 4. The topological polar surface area (TPSA) is 74.5 Å². The Labute approximate surface area is 261 Å². The number of imidazole rings is 1. The van der Waals surface area contributed by atoms with Crippen LogP contribution in [0.1, 0.15) is 0 Å². The maximum absolute atomic E-state index is 6.23. The monoisotopic (exact) mass is 736 g/mol. The Morgan fingerprint density at radius 1 is 0.628 bits per heavy atom. The van der Waals surface area contributed by atoms with Gasteiger partial charge in [-0.3, -0.25) is 4.98 Å². The van der Waals surface area contributed by atoms with Gasteiger partial charge in [-0.25, -0.2) is 0 Å². The summed E-state index contributed by atoms with van der Waals surface area (Å²) in [6.45, 7) is 0. The Morgan fingerprint density at radius 3 is 1.95 bits per heavy atom. The van der Waals surface area contributed by atoms with E-state index >= 15 is 0 Å². The minimum atomic E-state index is 0. The van der Waals surface area contributed by atoms with E-state index in [0.717, 1.165) is 62.3 Å². The summed E-state index contributed by atoms with van der Waals surface area (Å²) in [5.74, 6) is 3.67. The summed E-state index contributed by atoms with van der Waals surface area (Å²) in [4.78, 5) is 19.7. The van der Waals surface area contributed by atoms with Gasteiger partial charge < -0.3 is 29.3 Å². The van der Waals surface area contributed by atoms with Crippen molar-refractivity contribution in [1.82, 2.24) is 19.9 Å². The van der Waals surface area contributed by atoms with Gasteiger partial charge in [0, 0.05) is 38.2 Å². The normalized spacial score (nSPS) is 11.9. The first-order valence-electron chi connectivity index (χ1n) is 13.5. The van der Waals surface area contributed by atoms with Gasteiger partial charge in [-0.1, -0.05) is 78.9 Å². The third-order valence-corrected chi connectivity index (χ3v) is 7.01. The first-order chi connectivity index (χ1) is 20.8. The molecular formula is C35H21IrN5O2-2. The molecule has 9 rings (SSSR count). The van der Waals surface area contributed by atoms with Crippen molar-refractivity contribution in [3.63, 3.8) is 0 Å². The molecule has 5 heterocycles. The molecule has 0 unspecified atom stereocenters. The minimum Gasteiger partial charge on any atom is -0.473 e. The summed E-state index contributed by atoms with van der Waals surface area (Å²) in [5, 5.41) is 0. The zero-order valence-electron chi connectivity index (χ0n) is 22.5. The molecule has 3 aromatic heterocycles. The molecule has 1 radical (unpaired) electrons. The van der Waals surface area contributed by atoms with Gasteiger partial charge in [0.05, 0.1) is 28.6 Å². The number of nitrogens with zero attached hydrogens (tertiary/aromatic N) is 5. The van der Waals surface area contributed by atoms with Crippen molar-refractivity contribution in [3.05, 3.63) is 134 Å². The quantitative estimate of drug-likeness (QED) is 0.165. The molecule has 0 N–H and O–H groups in total. The molecule has 43 heavy (non-hydrogen) atoms. The average Bonchev–Trinajstić information content (AvgIpc) is 3.50. The van der Waals surface area contributed by atoms with Crippen molar-refractivity contribution in [2.24, 2.45) is 0 Å². The fourth-order valence-electron chi connectivity index (χ4n) is 5.12. The van der Waals surface area contributed by atoms with E-state index in [4.69, 9.17) is 9.47 Å². The third-order valence-electron chi connectivity index (χ3n) is 7.01. The van der Waals surface area contributed by atoms with E-state index in [9.17, 15) is 0 Å². The fourth-order valence-corrected chi connectivity index (χ4v) is 5.12. The second kappa shape index (κ2) is 11.2. The van der Waals surface area contributed by atoms with Crippen LogP contribution in [0.4, 0.5) is 17.1 Å². The van der Waals surface area contributed by atoms with Gasteiger partial charge in [-0.05, 0) is 65.0 Å². The summed E-state index contributed by atoms with van der Waals surface area (Å²) in [7, 11) is 0. The summed E-state index contributed by atoms with van der Waals surface area (Å²) < 4.78 is 12.4. The largest absolute Gasteiger partial charge is 0.473 e. The molecule has 0 saturated heterocycles. The smallest absolute Gasteiger partial charge is 0.148 e. The second-order valence-corrected chi connectivity index (χ2v) is 9.67. The predicted molar refractivity (Wildman–Crippen MR) is 162 cm³/mol. The number of rotatable bonds is 2. The molecule has 0 bridgehead atoms. The Balaban J connectivity index is 0.000000160. The van der Waals surface area contributed by atoms with E-state index in [0.29, 0.717) is 11.6 Å². The van der Waals surface area contributed by atoms with Crippen LogP contribution < -0.4 is 19.4 Å². The molecule has 8 heteroatoms. The number of hydrogen-bond acceptors (Lipinski definition) is 6. The zero-order chi connectivity index (χ0) is 27.9. The van der Waals surface area contributed by atoms with Crippen LogP contribution in [0.25, 0.3) is 33.8 Å². The first-order valence-corrected chi connectivity index (χ1v) is 13.5. The molecule has 4 aromatic carbocycles. The average molecular weight is 736 g/mol. The molecule has 2 aliphatic heterocycles. The van der Waals surface area contributed by atoms with Crippen molar-refractivity contribution in [1.29, 1.82) is 0 Å². The van der Waals surface area contributed by atoms with E-state index in [1.54, 1.807) is 12.4 Å². The molecule has 7 nitrogen and oxygen atoms in total. The molecule has 7 aromatic rings. The van der Waals surface area contributed by atoms with Gasteiger partial charge in [0.1, 0.15) is 11.5 Å². The molecule has 209 valence electrons. The molecule has 0 amide bonds. The maximum Gasteiger partial charge on any atom is 0.148 e. The van der Waals surface area contributed by atoms with E-state index in [1.165, 1.54) is 0 Å². The van der Waals surface area contributed by atoms with Crippen LogP contribution in [0.5, 0.6) is 23.0 Å². The summed E-state index contributed by atoms with van der Waals surface area (Å²) >= 11 is 0. The molecule has 2 aliphatic rings. The summed E-state index contributed by atoms with van der Waals surface area (Å²) in [6.07, 6.45) is 3.52. The van der Waals surface area contributed by atoms with Crippen LogP contribution >= 0.6 is 0 Å². The first kappa shape index (κ1) is 26.6. The van der Waals surface area contributed by atoms with E-state index < -0.39 is 0 Å². The van der Waals surface area contributed by atoms with E-state index in [1.807, 2.05) is 103 Å². The second-order valence-electron chi connectivity index (χ2n) is 9.67. The molecule has 0 aliphatic carbocycles. The van der Waals surface area contributed by atoms with Gasteiger partial charge in [-0.2, -0.15) is 0 Å². The molecule has 0 atom stereocenters. The number of hydrogen-bond donors (Lipinski definition) is 0. The maximum atomic E-state index is 6.23. The Kier molecular flexibility index (Phi) is 6.91. The summed E-state index contributed by atoms with van der Waals surface area (Å²) in [5.41, 5.74) is 7.15. The van der Waals surface area contributed by atoms with Crippen LogP contribution in [-0.4, -0.2) is 15.0 Å². The molecule has 0 spiro atoms. The van der Waals surface area contributed by atoms with Crippen molar-refractivity contribution < 1.29 is 29.6 Å². The van der Waals surface area contributed by atoms with E-state index in [-0.39, 0.29) is 20.1 Å². The van der Waals surface area contributed by atoms with Gasteiger partial charge in [0.2, 0.25) is 0 Å². The molecule has 0 saturated carbocycles. The van der Waals surface area contributed by atoms with Crippen molar-refractivity contribution in [3.8, 4) is 45.8 Å². The van der Waals surface area contributed by atoms with Gasteiger partial charge in [0.15, 0.2) is 0 Å².